The van der Waals surface area contributed by atoms with Gasteiger partial charge in [-0.05, 0) is 0 Å². The van der Waals surface area contributed by atoms with E-state index < -0.39 is 11.8 Å². The number of fused-ring (bicyclic) bond motifs is 1. The molecule has 0 aliphatic carbocycles. The maximum Gasteiger partial charge on any atom is 0.252 e. The Balaban J connectivity index is 0.00000112. The van der Waals surface area contributed by atoms with Gasteiger partial charge in [0.15, 0.2) is 0 Å². The Labute approximate surface area is 110 Å². The van der Waals surface area contributed by atoms with E-state index in [0.29, 0.717) is 0 Å². The van der Waals surface area contributed by atoms with Crippen molar-refractivity contribution in [3.63, 3.8) is 0 Å². The summed E-state index contributed by atoms with van der Waals surface area (Å²) in [4.78, 5) is 43.9. The number of carbonyl (C=O) groups is 3. The molecule has 0 bridgehead atoms. The minimum atomic E-state index is -0.503. The summed E-state index contributed by atoms with van der Waals surface area (Å²) >= 11 is 0. The van der Waals surface area contributed by atoms with Gasteiger partial charge >= 0.3 is 0 Å². The first-order valence-corrected chi connectivity index (χ1v) is 3.89. The van der Waals surface area contributed by atoms with Crippen LogP contribution in [0.25, 0.3) is 0 Å². The fourth-order valence-corrected chi connectivity index (χ4v) is 1.44. The first kappa shape index (κ1) is 12.2. The number of nitrogens with zero attached hydrogens (tertiary/aromatic N) is 2. The van der Waals surface area contributed by atoms with Crippen molar-refractivity contribution in [2.24, 2.45) is 0 Å². The minimum Gasteiger partial charge on any atom is -0.417 e. The van der Waals surface area contributed by atoms with E-state index in [0.717, 1.165) is 16.1 Å². The normalized spacial score (nSPS) is 19.7. The fourth-order valence-electron chi connectivity index (χ4n) is 1.44. The van der Waals surface area contributed by atoms with Crippen LogP contribution >= 0.6 is 0 Å². The van der Waals surface area contributed by atoms with Crippen LogP contribution in [0.3, 0.4) is 0 Å². The fraction of sp³-hybridized carbons (Fsp3) is 0.250. The zero-order chi connectivity index (χ0) is 10.3. The van der Waals surface area contributed by atoms with E-state index in [9.17, 15) is 19.2 Å². The van der Waals surface area contributed by atoms with Crippen molar-refractivity contribution < 1.29 is 51.9 Å². The van der Waals surface area contributed by atoms with Crippen molar-refractivity contribution >= 4 is 23.9 Å². The van der Waals surface area contributed by atoms with Crippen molar-refractivity contribution in [3.8, 4) is 0 Å². The molecule has 1 radical (unpaired) electrons. The van der Waals surface area contributed by atoms with Gasteiger partial charge < -0.3 is 9.59 Å². The summed E-state index contributed by atoms with van der Waals surface area (Å²) in [6.07, 6.45) is 2.17. The number of ketones is 1. The third kappa shape index (κ3) is 1.91. The second-order valence-electron chi connectivity index (χ2n) is 2.93. The molecule has 1 fully saturated rings. The summed E-state index contributed by atoms with van der Waals surface area (Å²) < 4.78 is 0. The van der Waals surface area contributed by atoms with E-state index in [2.05, 4.69) is 0 Å². The number of allylic oxidation sites excluding steroid dienone is 1. The molecule has 0 spiro atoms. The largest absolute Gasteiger partial charge is 0.417 e. The van der Waals surface area contributed by atoms with Crippen LogP contribution < -0.4 is 0 Å². The van der Waals surface area contributed by atoms with Crippen LogP contribution in [-0.2, 0) is 51.9 Å². The summed E-state index contributed by atoms with van der Waals surface area (Å²) in [7, 11) is 0. The van der Waals surface area contributed by atoms with Crippen molar-refractivity contribution in [1.29, 1.82) is 0 Å². The van der Waals surface area contributed by atoms with Crippen LogP contribution in [0.5, 0.6) is 0 Å². The number of rotatable bonds is 1. The van der Waals surface area contributed by atoms with E-state index in [1.807, 2.05) is 0 Å². The molecule has 0 atom stereocenters. The third-order valence-electron chi connectivity index (χ3n) is 2.00. The average molecular weight is 282 g/mol. The van der Waals surface area contributed by atoms with Crippen LogP contribution in [0.4, 0.5) is 0 Å². The Morgan fingerprint density at radius 2 is 1.87 bits per heavy atom. The van der Waals surface area contributed by atoms with Gasteiger partial charge in [0.05, 0.1) is 12.3 Å². The van der Waals surface area contributed by atoms with E-state index in [4.69, 9.17) is 0 Å². The van der Waals surface area contributed by atoms with Crippen molar-refractivity contribution in [2.75, 3.05) is 6.54 Å². The van der Waals surface area contributed by atoms with Gasteiger partial charge in [-0.1, -0.05) is 5.70 Å². The molecule has 0 unspecified atom stereocenters. The average Bonchev–Trinajstić information content (AvgIpc) is 2.41. The quantitative estimate of drug-likeness (QED) is 0.435. The molecule has 15 heavy (non-hydrogen) atoms. The summed E-state index contributed by atoms with van der Waals surface area (Å²) in [6.45, 7) is -0.185. The molecular formula is C8H5N2O4Y-. The predicted molar refractivity (Wildman–Crippen MR) is 42.0 cm³/mol. The van der Waals surface area contributed by atoms with Gasteiger partial charge in [-0.3, -0.25) is 14.6 Å². The molecule has 2 amide bonds. The summed E-state index contributed by atoms with van der Waals surface area (Å²) in [5.41, 5.74) is -0.197. The van der Waals surface area contributed by atoms with Gasteiger partial charge in [0.2, 0.25) is 0 Å². The van der Waals surface area contributed by atoms with Crippen LogP contribution in [0, 0.1) is 0 Å². The van der Waals surface area contributed by atoms with E-state index in [1.54, 1.807) is 0 Å². The molecule has 0 N–H and O–H groups in total. The first-order chi connectivity index (χ1) is 6.63. The molecule has 2 rings (SSSR count). The zero-order valence-corrected chi connectivity index (χ0v) is 10.4. The molecule has 2 heterocycles. The number of carbonyl (C=O) groups excluding carboxylic acids is 4. The van der Waals surface area contributed by atoms with Gasteiger partial charge in [-0.15, -0.1) is 6.08 Å². The zero-order valence-electron chi connectivity index (χ0n) is 7.60. The topological polar surface area (TPSA) is 74.8 Å². The minimum absolute atomic E-state index is 0. The van der Waals surface area contributed by atoms with Crippen molar-refractivity contribution in [1.82, 2.24) is 10.0 Å². The second kappa shape index (κ2) is 4.32. The Hall–Kier alpha value is -0.876. The number of hydrazine groups is 1. The SMILES string of the molecule is O=[C-]C1=CC(=O)CN2C(=O)CC(=O)N12.[Y]. The molecule has 2 aliphatic heterocycles. The predicted octanol–water partition coefficient (Wildman–Crippen LogP) is -1.46. The molecule has 0 aromatic heterocycles. The Bertz CT molecular complexity index is 390. The number of hydrogen-bond donors (Lipinski definition) is 0. The molecule has 2 aliphatic rings. The van der Waals surface area contributed by atoms with E-state index in [-0.39, 0.29) is 57.2 Å². The van der Waals surface area contributed by atoms with E-state index >= 15 is 0 Å². The van der Waals surface area contributed by atoms with Crippen LogP contribution in [-0.4, -0.2) is 40.4 Å². The van der Waals surface area contributed by atoms with Crippen molar-refractivity contribution in [2.45, 2.75) is 6.42 Å². The van der Waals surface area contributed by atoms with Crippen LogP contribution in [0.15, 0.2) is 11.8 Å². The van der Waals surface area contributed by atoms with Gasteiger partial charge in [0.1, 0.15) is 6.42 Å². The van der Waals surface area contributed by atoms with Gasteiger partial charge in [-0.2, -0.15) is 0 Å². The smallest absolute Gasteiger partial charge is 0.252 e. The first-order valence-electron chi connectivity index (χ1n) is 3.89. The molecule has 0 aromatic rings. The monoisotopic (exact) mass is 282 g/mol. The second-order valence-corrected chi connectivity index (χ2v) is 2.93. The molecule has 0 aromatic carbocycles. The Kier molecular flexibility index (Phi) is 3.51. The van der Waals surface area contributed by atoms with Crippen molar-refractivity contribution in [3.05, 3.63) is 11.8 Å². The molecule has 7 heteroatoms. The molecular weight excluding hydrogens is 277 g/mol. The number of amides is 2. The maximum absolute atomic E-state index is 11.2. The van der Waals surface area contributed by atoms with Gasteiger partial charge in [0, 0.05) is 39.0 Å². The summed E-state index contributed by atoms with van der Waals surface area (Å²) in [5.74, 6) is -1.36. The molecule has 1 saturated heterocycles. The van der Waals surface area contributed by atoms with Gasteiger partial charge in [-0.25, -0.2) is 5.01 Å². The Morgan fingerprint density at radius 1 is 1.20 bits per heavy atom. The molecule has 6 nitrogen and oxygen atoms in total. The maximum atomic E-state index is 11.2. The van der Waals surface area contributed by atoms with Crippen LogP contribution in [0.2, 0.25) is 0 Å². The Morgan fingerprint density at radius 3 is 2.47 bits per heavy atom. The van der Waals surface area contributed by atoms with Gasteiger partial charge in [0.25, 0.3) is 11.8 Å². The molecule has 0 saturated carbocycles. The standard InChI is InChI=1S/C8H5N2O4.Y/c11-4-5-1-6(12)3-9-7(13)2-8(14)10(5)9;/h1H,2-3H2;/q-1;. The summed E-state index contributed by atoms with van der Waals surface area (Å²) in [5, 5.41) is 1.86. The van der Waals surface area contributed by atoms with E-state index in [1.165, 1.54) is 6.29 Å². The molecule has 75 valence electrons. The van der Waals surface area contributed by atoms with Crippen LogP contribution in [0.1, 0.15) is 6.42 Å². The third-order valence-corrected chi connectivity index (χ3v) is 2.00. The summed E-state index contributed by atoms with van der Waals surface area (Å²) in [6, 6.07) is 0. The number of hydrogen-bond acceptors (Lipinski definition) is 4.